The van der Waals surface area contributed by atoms with Gasteiger partial charge in [-0.3, -0.25) is 4.79 Å². The zero-order valence-electron chi connectivity index (χ0n) is 17.7. The highest BCUT2D eigenvalue weighted by atomic mass is 35.5. The topological polar surface area (TPSA) is 44.4 Å². The van der Waals surface area contributed by atoms with Gasteiger partial charge < -0.3 is 15.5 Å². The lowest BCUT2D eigenvalue weighted by Gasteiger charge is -2.34. The number of nitrogens with one attached hydrogen (secondary N) is 2. The molecule has 0 radical (unpaired) electrons. The average molecular weight is 468 g/mol. The van der Waals surface area contributed by atoms with Gasteiger partial charge in [-0.05, 0) is 80.1 Å². The van der Waals surface area contributed by atoms with E-state index in [-0.39, 0.29) is 42.6 Å². The molecule has 0 aromatic heterocycles. The molecule has 2 aliphatic heterocycles. The van der Waals surface area contributed by atoms with Gasteiger partial charge in [-0.15, -0.1) is 24.8 Å². The molecule has 2 N–H and O–H groups in total. The number of carbonyl (C=O) groups excluding carboxylic acids is 1. The highest BCUT2D eigenvalue weighted by molar-refractivity contribution is 5.85. The summed E-state index contributed by atoms with van der Waals surface area (Å²) < 4.78 is 13.1. The SMILES string of the molecule is Cl.Cl.O=C(Cc1ccc(CC2CCNC2)cc1)NC1CCN(c2ccc(F)cc2)CC1. The molecular weight excluding hydrogens is 436 g/mol. The quantitative estimate of drug-likeness (QED) is 0.670. The van der Waals surface area contributed by atoms with E-state index in [1.165, 1.54) is 24.1 Å². The second kappa shape index (κ2) is 12.3. The first kappa shape index (κ1) is 25.4. The summed E-state index contributed by atoms with van der Waals surface area (Å²) in [6.07, 6.45) is 4.63. The first-order chi connectivity index (χ1) is 14.2. The van der Waals surface area contributed by atoms with E-state index >= 15 is 0 Å². The van der Waals surface area contributed by atoms with Gasteiger partial charge in [0.25, 0.3) is 0 Å². The van der Waals surface area contributed by atoms with Gasteiger partial charge in [-0.1, -0.05) is 24.3 Å². The van der Waals surface area contributed by atoms with Crippen molar-refractivity contribution in [2.75, 3.05) is 31.1 Å². The number of benzene rings is 2. The van der Waals surface area contributed by atoms with Gasteiger partial charge in [0, 0.05) is 24.8 Å². The Morgan fingerprint density at radius 3 is 2.23 bits per heavy atom. The summed E-state index contributed by atoms with van der Waals surface area (Å²) in [5.41, 5.74) is 3.47. The third-order valence-electron chi connectivity index (χ3n) is 6.13. The smallest absolute Gasteiger partial charge is 0.224 e. The summed E-state index contributed by atoms with van der Waals surface area (Å²) in [6.45, 7) is 4.00. The predicted octanol–water partition coefficient (Wildman–Crippen LogP) is 4.15. The van der Waals surface area contributed by atoms with Crippen LogP contribution in [0.15, 0.2) is 48.5 Å². The van der Waals surface area contributed by atoms with Gasteiger partial charge in [0.05, 0.1) is 6.42 Å². The molecule has 2 heterocycles. The van der Waals surface area contributed by atoms with Crippen molar-refractivity contribution in [3.63, 3.8) is 0 Å². The number of nitrogens with zero attached hydrogens (tertiary/aromatic N) is 1. The lowest BCUT2D eigenvalue weighted by atomic mass is 9.97. The largest absolute Gasteiger partial charge is 0.371 e. The standard InChI is InChI=1S/C24H30FN3O.2ClH/c25-21-5-7-23(8-6-21)28-13-10-22(11-14-28)27-24(29)16-19-3-1-18(2-4-19)15-20-9-12-26-17-20;;/h1-8,20,22,26H,9-17H2,(H,27,29);2*1H. The van der Waals surface area contributed by atoms with Crippen LogP contribution in [0.2, 0.25) is 0 Å². The van der Waals surface area contributed by atoms with Crippen molar-refractivity contribution in [2.45, 2.75) is 38.1 Å². The minimum atomic E-state index is -0.209. The zero-order chi connectivity index (χ0) is 20.1. The van der Waals surface area contributed by atoms with Crippen LogP contribution in [0.3, 0.4) is 0 Å². The van der Waals surface area contributed by atoms with E-state index in [9.17, 15) is 9.18 Å². The van der Waals surface area contributed by atoms with Crippen LogP contribution in [0.5, 0.6) is 0 Å². The van der Waals surface area contributed by atoms with Crippen molar-refractivity contribution in [3.8, 4) is 0 Å². The predicted molar refractivity (Wildman–Crippen MR) is 129 cm³/mol. The molecule has 4 rings (SSSR count). The Morgan fingerprint density at radius 1 is 0.968 bits per heavy atom. The lowest BCUT2D eigenvalue weighted by molar-refractivity contribution is -0.121. The number of carbonyl (C=O) groups is 1. The summed E-state index contributed by atoms with van der Waals surface area (Å²) in [7, 11) is 0. The Hall–Kier alpha value is -1.82. The van der Waals surface area contributed by atoms with E-state index < -0.39 is 0 Å². The van der Waals surface area contributed by atoms with Crippen LogP contribution in [0.25, 0.3) is 0 Å². The molecule has 0 saturated carbocycles. The molecule has 0 aliphatic carbocycles. The highest BCUT2D eigenvalue weighted by Crippen LogP contribution is 2.20. The first-order valence-electron chi connectivity index (χ1n) is 10.7. The van der Waals surface area contributed by atoms with E-state index in [1.807, 2.05) is 12.1 Å². The lowest BCUT2D eigenvalue weighted by Crippen LogP contribution is -2.45. The number of hydrogen-bond donors (Lipinski definition) is 2. The van der Waals surface area contributed by atoms with E-state index in [0.29, 0.717) is 6.42 Å². The maximum Gasteiger partial charge on any atom is 0.224 e. The van der Waals surface area contributed by atoms with Crippen molar-refractivity contribution in [2.24, 2.45) is 5.92 Å². The monoisotopic (exact) mass is 467 g/mol. The van der Waals surface area contributed by atoms with Crippen molar-refractivity contribution in [3.05, 3.63) is 65.5 Å². The van der Waals surface area contributed by atoms with Crippen LogP contribution >= 0.6 is 24.8 Å². The van der Waals surface area contributed by atoms with E-state index in [1.54, 1.807) is 0 Å². The molecule has 7 heteroatoms. The molecule has 2 aliphatic rings. The van der Waals surface area contributed by atoms with Crippen LogP contribution in [-0.4, -0.2) is 38.1 Å². The molecule has 2 aromatic rings. The Labute approximate surface area is 196 Å². The molecule has 2 saturated heterocycles. The fourth-order valence-electron chi connectivity index (χ4n) is 4.41. The average Bonchev–Trinajstić information content (AvgIpc) is 3.24. The van der Waals surface area contributed by atoms with Crippen molar-refractivity contribution < 1.29 is 9.18 Å². The number of amides is 1. The van der Waals surface area contributed by atoms with Crippen LogP contribution in [0.4, 0.5) is 10.1 Å². The van der Waals surface area contributed by atoms with Crippen molar-refractivity contribution >= 4 is 36.4 Å². The molecule has 31 heavy (non-hydrogen) atoms. The highest BCUT2D eigenvalue weighted by Gasteiger charge is 2.21. The molecule has 1 unspecified atom stereocenters. The van der Waals surface area contributed by atoms with Crippen LogP contribution < -0.4 is 15.5 Å². The molecule has 170 valence electrons. The molecule has 0 bridgehead atoms. The fourth-order valence-corrected chi connectivity index (χ4v) is 4.41. The van der Waals surface area contributed by atoms with Gasteiger partial charge in [0.2, 0.25) is 5.91 Å². The van der Waals surface area contributed by atoms with Gasteiger partial charge in [0.1, 0.15) is 5.82 Å². The normalized spacial score (nSPS) is 18.7. The first-order valence-corrected chi connectivity index (χ1v) is 10.7. The third kappa shape index (κ3) is 7.37. The Balaban J connectivity index is 0.00000171. The fraction of sp³-hybridized carbons (Fsp3) is 0.458. The van der Waals surface area contributed by atoms with Crippen molar-refractivity contribution in [1.82, 2.24) is 10.6 Å². The molecule has 1 amide bonds. The van der Waals surface area contributed by atoms with E-state index in [2.05, 4.69) is 39.8 Å². The number of hydrogen-bond acceptors (Lipinski definition) is 3. The second-order valence-electron chi connectivity index (χ2n) is 8.36. The maximum absolute atomic E-state index is 13.1. The minimum Gasteiger partial charge on any atom is -0.371 e. The molecule has 4 nitrogen and oxygen atoms in total. The zero-order valence-corrected chi connectivity index (χ0v) is 19.3. The number of halogens is 3. The van der Waals surface area contributed by atoms with Gasteiger partial charge in [-0.2, -0.15) is 0 Å². The Kier molecular flexibility index (Phi) is 10.1. The maximum atomic E-state index is 13.1. The summed E-state index contributed by atoms with van der Waals surface area (Å²) in [4.78, 5) is 14.7. The molecular formula is C24H32Cl2FN3O. The number of anilines is 1. The molecule has 1 atom stereocenters. The van der Waals surface area contributed by atoms with E-state index in [4.69, 9.17) is 0 Å². The molecule has 0 spiro atoms. The van der Waals surface area contributed by atoms with E-state index in [0.717, 1.165) is 62.6 Å². The van der Waals surface area contributed by atoms with Crippen LogP contribution in [0, 0.1) is 11.7 Å². The van der Waals surface area contributed by atoms with Gasteiger partial charge in [-0.25, -0.2) is 4.39 Å². The van der Waals surface area contributed by atoms with Crippen LogP contribution in [-0.2, 0) is 17.6 Å². The van der Waals surface area contributed by atoms with Gasteiger partial charge >= 0.3 is 0 Å². The molecule has 2 fully saturated rings. The minimum absolute atomic E-state index is 0. The summed E-state index contributed by atoms with van der Waals surface area (Å²) in [6, 6.07) is 15.4. The Bertz CT molecular complexity index is 803. The number of piperidine rings is 1. The number of rotatable bonds is 6. The summed E-state index contributed by atoms with van der Waals surface area (Å²) in [5, 5.41) is 6.60. The second-order valence-corrected chi connectivity index (χ2v) is 8.36. The Morgan fingerprint density at radius 2 is 1.61 bits per heavy atom. The third-order valence-corrected chi connectivity index (χ3v) is 6.13. The summed E-state index contributed by atoms with van der Waals surface area (Å²) in [5.74, 6) is 0.627. The summed E-state index contributed by atoms with van der Waals surface area (Å²) >= 11 is 0. The van der Waals surface area contributed by atoms with Crippen molar-refractivity contribution in [1.29, 1.82) is 0 Å². The van der Waals surface area contributed by atoms with Gasteiger partial charge in [0.15, 0.2) is 0 Å². The molecule has 2 aromatic carbocycles. The van der Waals surface area contributed by atoms with Crippen LogP contribution in [0.1, 0.15) is 30.4 Å².